The van der Waals surface area contributed by atoms with Gasteiger partial charge in [-0.3, -0.25) is 9.69 Å². The largest absolute Gasteiger partial charge is 0.464 e. The Morgan fingerprint density at radius 2 is 1.71 bits per heavy atom. The molecule has 0 N–H and O–H groups in total. The summed E-state index contributed by atoms with van der Waals surface area (Å²) < 4.78 is 24.6. The second kappa shape index (κ2) is 13.7. The predicted octanol–water partition coefficient (Wildman–Crippen LogP) is 5.23. The summed E-state index contributed by atoms with van der Waals surface area (Å²) in [5, 5.41) is 0. The van der Waals surface area contributed by atoms with Gasteiger partial charge >= 0.3 is 0 Å². The number of nitrogens with zero attached hydrogens (tertiary/aromatic N) is 2. The zero-order valence-electron chi connectivity index (χ0n) is 20.2. The summed E-state index contributed by atoms with van der Waals surface area (Å²) in [6.45, 7) is 7.80. The predicted molar refractivity (Wildman–Crippen MR) is 132 cm³/mol. The Labute approximate surface area is 202 Å². The van der Waals surface area contributed by atoms with E-state index in [1.165, 1.54) is 17.7 Å². The molecule has 0 atom stereocenters. The van der Waals surface area contributed by atoms with Crippen molar-refractivity contribution in [1.82, 2.24) is 9.80 Å². The maximum Gasteiger partial charge on any atom is 0.237 e. The fourth-order valence-corrected chi connectivity index (χ4v) is 3.85. The van der Waals surface area contributed by atoms with Crippen LogP contribution in [0, 0.1) is 12.7 Å². The summed E-state index contributed by atoms with van der Waals surface area (Å²) in [6.07, 6.45) is 1.60. The van der Waals surface area contributed by atoms with Crippen molar-refractivity contribution in [2.24, 2.45) is 0 Å². The fraction of sp³-hybridized carbons (Fsp3) is 0.393. The number of hydrogen-bond donors (Lipinski definition) is 0. The molecule has 0 spiro atoms. The van der Waals surface area contributed by atoms with Crippen LogP contribution >= 0.6 is 0 Å². The Morgan fingerprint density at radius 3 is 2.38 bits per heavy atom. The van der Waals surface area contributed by atoms with Crippen molar-refractivity contribution in [1.29, 1.82) is 0 Å². The van der Waals surface area contributed by atoms with Crippen LogP contribution in [0.5, 0.6) is 0 Å². The first-order chi connectivity index (χ1) is 16.5. The Bertz CT molecular complexity index is 988. The molecule has 182 valence electrons. The molecule has 1 heterocycles. The molecule has 1 aromatic heterocycles. The van der Waals surface area contributed by atoms with Gasteiger partial charge in [-0.25, -0.2) is 4.39 Å². The lowest BCUT2D eigenvalue weighted by Gasteiger charge is -2.27. The average Bonchev–Trinajstić information content (AvgIpc) is 3.26. The molecule has 6 heteroatoms. The third-order valence-electron chi connectivity index (χ3n) is 5.65. The number of hydrogen-bond acceptors (Lipinski definition) is 4. The average molecular weight is 467 g/mol. The van der Waals surface area contributed by atoms with E-state index < -0.39 is 0 Å². The maximum absolute atomic E-state index is 13.5. The number of furan rings is 1. The van der Waals surface area contributed by atoms with Gasteiger partial charge in [0.25, 0.3) is 0 Å². The first-order valence-electron chi connectivity index (χ1n) is 11.9. The first kappa shape index (κ1) is 25.7. The highest BCUT2D eigenvalue weighted by Gasteiger charge is 2.19. The van der Waals surface area contributed by atoms with E-state index in [0.29, 0.717) is 32.8 Å². The molecule has 0 unspecified atom stereocenters. The van der Waals surface area contributed by atoms with Crippen LogP contribution in [0.4, 0.5) is 4.39 Å². The Balaban J connectivity index is 1.69. The molecule has 5 nitrogen and oxygen atoms in total. The minimum atomic E-state index is -0.261. The van der Waals surface area contributed by atoms with Crippen molar-refractivity contribution >= 4 is 5.91 Å². The minimum absolute atomic E-state index is 0.0449. The number of ether oxygens (including phenoxy) is 1. The normalized spacial score (nSPS) is 11.2. The zero-order chi connectivity index (χ0) is 24.2. The van der Waals surface area contributed by atoms with E-state index >= 15 is 0 Å². The summed E-state index contributed by atoms with van der Waals surface area (Å²) in [5.74, 6) is 1.40. The van der Waals surface area contributed by atoms with Gasteiger partial charge in [0.15, 0.2) is 0 Å². The molecule has 3 aromatic rings. The van der Waals surface area contributed by atoms with Gasteiger partial charge < -0.3 is 14.1 Å². The van der Waals surface area contributed by atoms with Crippen LogP contribution in [0.1, 0.15) is 36.0 Å². The van der Waals surface area contributed by atoms with Crippen LogP contribution in [0.15, 0.2) is 71.1 Å². The smallest absolute Gasteiger partial charge is 0.237 e. The van der Waals surface area contributed by atoms with Crippen LogP contribution in [0.3, 0.4) is 0 Å². The molecule has 2 aromatic carbocycles. The van der Waals surface area contributed by atoms with Crippen LogP contribution in [0.25, 0.3) is 0 Å². The Hall–Kier alpha value is -2.96. The molecule has 0 aliphatic carbocycles. The number of rotatable bonds is 14. The fourth-order valence-electron chi connectivity index (χ4n) is 3.85. The highest BCUT2D eigenvalue weighted by molar-refractivity contribution is 5.78. The van der Waals surface area contributed by atoms with E-state index in [0.717, 1.165) is 36.5 Å². The standard InChI is InChI=1S/C28H35FN2O3/c1-3-33-19-7-17-30(20-25-11-13-26(29)14-12-25)22-28(32)31(21-27-15-10-23(2)34-27)18-16-24-8-5-4-6-9-24/h4-6,8-15H,3,7,16-22H2,1-2H3. The SMILES string of the molecule is CCOCCCN(CC(=O)N(CCc1ccccc1)Cc1ccc(C)o1)Cc1ccc(F)cc1. The number of carbonyl (C=O) groups excluding carboxylic acids is 1. The van der Waals surface area contributed by atoms with Gasteiger partial charge in [0.05, 0.1) is 13.1 Å². The summed E-state index contributed by atoms with van der Waals surface area (Å²) >= 11 is 0. The molecular formula is C28H35FN2O3. The molecule has 1 amide bonds. The number of benzene rings is 2. The number of halogens is 1. The van der Waals surface area contributed by atoms with E-state index in [-0.39, 0.29) is 18.3 Å². The van der Waals surface area contributed by atoms with Crippen molar-refractivity contribution in [2.75, 3.05) is 32.8 Å². The Kier molecular flexibility index (Phi) is 10.3. The molecule has 0 aliphatic heterocycles. The molecule has 34 heavy (non-hydrogen) atoms. The number of amides is 1. The molecule has 0 saturated carbocycles. The van der Waals surface area contributed by atoms with Gasteiger partial charge in [0, 0.05) is 32.8 Å². The highest BCUT2D eigenvalue weighted by atomic mass is 19.1. The van der Waals surface area contributed by atoms with Crippen LogP contribution < -0.4 is 0 Å². The van der Waals surface area contributed by atoms with Crippen molar-refractivity contribution in [3.05, 3.63) is 95.2 Å². The van der Waals surface area contributed by atoms with E-state index in [4.69, 9.17) is 9.15 Å². The Morgan fingerprint density at radius 1 is 0.941 bits per heavy atom. The lowest BCUT2D eigenvalue weighted by Crippen LogP contribution is -2.41. The van der Waals surface area contributed by atoms with Crippen LogP contribution in [-0.4, -0.2) is 48.6 Å². The van der Waals surface area contributed by atoms with Gasteiger partial charge in [-0.2, -0.15) is 0 Å². The van der Waals surface area contributed by atoms with Gasteiger partial charge in [-0.1, -0.05) is 42.5 Å². The molecule has 0 radical (unpaired) electrons. The number of aryl methyl sites for hydroxylation is 1. The quantitative estimate of drug-likeness (QED) is 0.305. The van der Waals surface area contributed by atoms with Crippen LogP contribution in [-0.2, 0) is 29.0 Å². The summed E-state index contributed by atoms with van der Waals surface area (Å²) in [7, 11) is 0. The van der Waals surface area contributed by atoms with Crippen molar-refractivity contribution in [3.63, 3.8) is 0 Å². The van der Waals surface area contributed by atoms with Gasteiger partial charge in [-0.05, 0) is 62.1 Å². The van der Waals surface area contributed by atoms with E-state index in [9.17, 15) is 9.18 Å². The topological polar surface area (TPSA) is 45.9 Å². The second-order valence-electron chi connectivity index (χ2n) is 8.45. The minimum Gasteiger partial charge on any atom is -0.464 e. The molecule has 0 aliphatic rings. The monoisotopic (exact) mass is 466 g/mol. The molecule has 3 rings (SSSR count). The molecule has 0 saturated heterocycles. The lowest BCUT2D eigenvalue weighted by atomic mass is 10.1. The van der Waals surface area contributed by atoms with Gasteiger partial charge in [-0.15, -0.1) is 0 Å². The third-order valence-corrected chi connectivity index (χ3v) is 5.65. The first-order valence-corrected chi connectivity index (χ1v) is 11.9. The van der Waals surface area contributed by atoms with Gasteiger partial charge in [0.1, 0.15) is 17.3 Å². The van der Waals surface area contributed by atoms with Gasteiger partial charge in [0.2, 0.25) is 5.91 Å². The van der Waals surface area contributed by atoms with Crippen molar-refractivity contribution < 1.29 is 18.3 Å². The van der Waals surface area contributed by atoms with Crippen LogP contribution in [0.2, 0.25) is 0 Å². The maximum atomic E-state index is 13.5. The van der Waals surface area contributed by atoms with Crippen molar-refractivity contribution in [3.8, 4) is 0 Å². The van der Waals surface area contributed by atoms with E-state index in [1.54, 1.807) is 12.1 Å². The molecule has 0 bridgehead atoms. The highest BCUT2D eigenvalue weighted by Crippen LogP contribution is 2.13. The summed E-state index contributed by atoms with van der Waals surface area (Å²) in [4.78, 5) is 17.4. The number of carbonyl (C=O) groups is 1. The van der Waals surface area contributed by atoms with E-state index in [1.807, 2.05) is 49.1 Å². The molecule has 0 fully saturated rings. The summed E-state index contributed by atoms with van der Waals surface area (Å²) in [5.41, 5.74) is 2.17. The van der Waals surface area contributed by atoms with Crippen molar-refractivity contribution in [2.45, 2.75) is 39.8 Å². The summed E-state index contributed by atoms with van der Waals surface area (Å²) in [6, 6.07) is 20.5. The molecular weight excluding hydrogens is 431 g/mol. The lowest BCUT2D eigenvalue weighted by molar-refractivity contribution is -0.133. The second-order valence-corrected chi connectivity index (χ2v) is 8.45. The third kappa shape index (κ3) is 8.76. The zero-order valence-corrected chi connectivity index (χ0v) is 20.2. The van der Waals surface area contributed by atoms with E-state index in [2.05, 4.69) is 17.0 Å².